The Labute approximate surface area is 189 Å². The Bertz CT molecular complexity index is 1320. The standard InChI is InChI=1S/C25H20Cl2O4/c1-14-10-20-22(11-15(14)2)31-24(16-5-8-19(29-3)9-6-16)25(23(20)28)30-13-17-4-7-18(26)12-21(17)27/h4-12H,13H2,1-3H3. The molecular weight excluding hydrogens is 435 g/mol. The lowest BCUT2D eigenvalue weighted by Crippen LogP contribution is -2.11. The number of halogens is 2. The predicted molar refractivity (Wildman–Crippen MR) is 125 cm³/mol. The van der Waals surface area contributed by atoms with Gasteiger partial charge in [0.05, 0.1) is 12.5 Å². The second-order valence-electron chi connectivity index (χ2n) is 7.27. The Morgan fingerprint density at radius 2 is 1.65 bits per heavy atom. The van der Waals surface area contributed by atoms with Gasteiger partial charge in [0, 0.05) is 21.2 Å². The number of rotatable bonds is 5. The summed E-state index contributed by atoms with van der Waals surface area (Å²) >= 11 is 12.3. The first kappa shape index (κ1) is 21.3. The molecule has 4 aromatic rings. The van der Waals surface area contributed by atoms with E-state index in [1.165, 1.54) is 0 Å². The van der Waals surface area contributed by atoms with Crippen molar-refractivity contribution in [2.45, 2.75) is 20.5 Å². The lowest BCUT2D eigenvalue weighted by molar-refractivity contribution is 0.298. The minimum absolute atomic E-state index is 0.0975. The minimum atomic E-state index is -0.236. The van der Waals surface area contributed by atoms with Gasteiger partial charge in [0.25, 0.3) is 0 Å². The molecule has 0 N–H and O–H groups in total. The Balaban J connectivity index is 1.86. The maximum Gasteiger partial charge on any atom is 0.235 e. The maximum atomic E-state index is 13.4. The van der Waals surface area contributed by atoms with Gasteiger partial charge in [-0.3, -0.25) is 4.79 Å². The fourth-order valence-electron chi connectivity index (χ4n) is 3.29. The zero-order valence-electron chi connectivity index (χ0n) is 17.3. The summed E-state index contributed by atoms with van der Waals surface area (Å²) in [5.41, 5.74) is 3.74. The molecule has 0 aliphatic heterocycles. The number of fused-ring (bicyclic) bond motifs is 1. The van der Waals surface area contributed by atoms with Crippen molar-refractivity contribution in [1.29, 1.82) is 0 Å². The van der Waals surface area contributed by atoms with Gasteiger partial charge in [-0.15, -0.1) is 0 Å². The number of benzene rings is 3. The van der Waals surface area contributed by atoms with Gasteiger partial charge >= 0.3 is 0 Å². The van der Waals surface area contributed by atoms with Crippen molar-refractivity contribution in [2.75, 3.05) is 7.11 Å². The van der Waals surface area contributed by atoms with Crippen molar-refractivity contribution in [2.24, 2.45) is 0 Å². The zero-order valence-corrected chi connectivity index (χ0v) is 18.8. The lowest BCUT2D eigenvalue weighted by atomic mass is 10.0. The molecule has 0 saturated heterocycles. The molecule has 31 heavy (non-hydrogen) atoms. The first-order valence-corrected chi connectivity index (χ1v) is 10.4. The summed E-state index contributed by atoms with van der Waals surface area (Å²) < 4.78 is 17.4. The van der Waals surface area contributed by atoms with Crippen molar-refractivity contribution >= 4 is 34.2 Å². The molecule has 4 nitrogen and oxygen atoms in total. The Hall–Kier alpha value is -2.95. The molecular formula is C25H20Cl2O4. The molecule has 4 rings (SSSR count). The van der Waals surface area contributed by atoms with Crippen molar-refractivity contribution < 1.29 is 13.9 Å². The zero-order chi connectivity index (χ0) is 22.1. The summed E-state index contributed by atoms with van der Waals surface area (Å²) in [6.07, 6.45) is 0. The van der Waals surface area contributed by atoms with Gasteiger partial charge in [0.1, 0.15) is 17.9 Å². The number of aryl methyl sites for hydroxylation is 2. The van der Waals surface area contributed by atoms with E-state index in [1.807, 2.05) is 38.1 Å². The van der Waals surface area contributed by atoms with Gasteiger partial charge < -0.3 is 13.9 Å². The lowest BCUT2D eigenvalue weighted by Gasteiger charge is -2.14. The van der Waals surface area contributed by atoms with Crippen molar-refractivity contribution in [3.63, 3.8) is 0 Å². The third-order valence-electron chi connectivity index (χ3n) is 5.20. The molecule has 0 fully saturated rings. The van der Waals surface area contributed by atoms with E-state index in [9.17, 15) is 4.79 Å². The molecule has 3 aromatic carbocycles. The second kappa shape index (κ2) is 8.66. The molecule has 6 heteroatoms. The molecule has 0 aliphatic rings. The molecule has 1 heterocycles. The van der Waals surface area contributed by atoms with Crippen LogP contribution in [-0.2, 0) is 6.61 Å². The van der Waals surface area contributed by atoms with Crippen LogP contribution in [0.2, 0.25) is 10.0 Å². The van der Waals surface area contributed by atoms with Crippen LogP contribution in [0.25, 0.3) is 22.3 Å². The fraction of sp³-hybridized carbons (Fsp3) is 0.160. The summed E-state index contributed by atoms with van der Waals surface area (Å²) in [7, 11) is 1.60. The van der Waals surface area contributed by atoms with E-state index < -0.39 is 0 Å². The van der Waals surface area contributed by atoms with E-state index in [4.69, 9.17) is 37.1 Å². The first-order valence-electron chi connectivity index (χ1n) is 9.66. The predicted octanol–water partition coefficient (Wildman–Crippen LogP) is 6.97. The molecule has 0 bridgehead atoms. The molecule has 0 aliphatic carbocycles. The third-order valence-corrected chi connectivity index (χ3v) is 5.79. The van der Waals surface area contributed by atoms with E-state index in [2.05, 4.69) is 0 Å². The summed E-state index contributed by atoms with van der Waals surface area (Å²) in [5, 5.41) is 1.47. The maximum absolute atomic E-state index is 13.4. The van der Waals surface area contributed by atoms with Gasteiger partial charge in [0.2, 0.25) is 11.2 Å². The van der Waals surface area contributed by atoms with Crippen LogP contribution in [0.5, 0.6) is 11.5 Å². The molecule has 0 amide bonds. The van der Waals surface area contributed by atoms with Crippen LogP contribution in [0.1, 0.15) is 16.7 Å². The van der Waals surface area contributed by atoms with Crippen molar-refractivity contribution in [3.05, 3.63) is 91.6 Å². The smallest absolute Gasteiger partial charge is 0.235 e. The fourth-order valence-corrected chi connectivity index (χ4v) is 3.75. The molecule has 0 saturated carbocycles. The van der Waals surface area contributed by atoms with Crippen LogP contribution in [0.4, 0.5) is 0 Å². The van der Waals surface area contributed by atoms with E-state index >= 15 is 0 Å². The van der Waals surface area contributed by atoms with Crippen LogP contribution in [0.15, 0.2) is 63.8 Å². The van der Waals surface area contributed by atoms with Crippen LogP contribution >= 0.6 is 23.2 Å². The second-order valence-corrected chi connectivity index (χ2v) is 8.12. The summed E-state index contributed by atoms with van der Waals surface area (Å²) in [4.78, 5) is 13.4. The van der Waals surface area contributed by atoms with Gasteiger partial charge in [-0.1, -0.05) is 29.3 Å². The highest BCUT2D eigenvalue weighted by Crippen LogP contribution is 2.33. The van der Waals surface area contributed by atoms with Crippen LogP contribution in [-0.4, -0.2) is 7.11 Å². The molecule has 0 unspecified atom stereocenters. The number of hydrogen-bond donors (Lipinski definition) is 0. The summed E-state index contributed by atoms with van der Waals surface area (Å²) in [5.74, 6) is 1.19. The molecule has 0 spiro atoms. The normalized spacial score (nSPS) is 11.0. The third kappa shape index (κ3) is 4.27. The highest BCUT2D eigenvalue weighted by Gasteiger charge is 2.19. The van der Waals surface area contributed by atoms with Gasteiger partial charge in [0.15, 0.2) is 5.76 Å². The number of methoxy groups -OCH3 is 1. The van der Waals surface area contributed by atoms with E-state index in [-0.39, 0.29) is 17.8 Å². The van der Waals surface area contributed by atoms with E-state index in [0.717, 1.165) is 11.1 Å². The van der Waals surface area contributed by atoms with Gasteiger partial charge in [-0.05, 0) is 73.5 Å². The van der Waals surface area contributed by atoms with Gasteiger partial charge in [-0.2, -0.15) is 0 Å². The SMILES string of the molecule is COc1ccc(-c2oc3cc(C)c(C)cc3c(=O)c2OCc2ccc(Cl)cc2Cl)cc1. The monoisotopic (exact) mass is 454 g/mol. The van der Waals surface area contributed by atoms with Gasteiger partial charge in [-0.25, -0.2) is 0 Å². The molecule has 0 atom stereocenters. The summed E-state index contributed by atoms with van der Waals surface area (Å²) in [6.45, 7) is 4.04. The Morgan fingerprint density at radius 3 is 2.32 bits per heavy atom. The average molecular weight is 455 g/mol. The quantitative estimate of drug-likeness (QED) is 0.326. The van der Waals surface area contributed by atoms with Crippen molar-refractivity contribution in [1.82, 2.24) is 0 Å². The van der Waals surface area contributed by atoms with Crippen LogP contribution in [0.3, 0.4) is 0 Å². The van der Waals surface area contributed by atoms with E-state index in [0.29, 0.717) is 43.7 Å². The number of hydrogen-bond acceptors (Lipinski definition) is 4. The Kier molecular flexibility index (Phi) is 5.94. The first-order chi connectivity index (χ1) is 14.9. The highest BCUT2D eigenvalue weighted by atomic mass is 35.5. The number of ether oxygens (including phenoxy) is 2. The minimum Gasteiger partial charge on any atom is -0.497 e. The molecule has 1 aromatic heterocycles. The molecule has 158 valence electrons. The topological polar surface area (TPSA) is 48.7 Å². The van der Waals surface area contributed by atoms with Crippen molar-refractivity contribution in [3.8, 4) is 22.8 Å². The van der Waals surface area contributed by atoms with Crippen LogP contribution in [0, 0.1) is 13.8 Å². The largest absolute Gasteiger partial charge is 0.497 e. The highest BCUT2D eigenvalue weighted by molar-refractivity contribution is 6.35. The molecule has 0 radical (unpaired) electrons. The Morgan fingerprint density at radius 1 is 0.935 bits per heavy atom. The average Bonchev–Trinajstić information content (AvgIpc) is 2.75. The van der Waals surface area contributed by atoms with Crippen LogP contribution < -0.4 is 14.9 Å². The van der Waals surface area contributed by atoms with E-state index in [1.54, 1.807) is 37.4 Å². The summed E-state index contributed by atoms with van der Waals surface area (Å²) in [6, 6.07) is 16.1.